The van der Waals surface area contributed by atoms with Gasteiger partial charge in [0, 0.05) is 18.7 Å². The molecule has 4 nitrogen and oxygen atoms in total. The summed E-state index contributed by atoms with van der Waals surface area (Å²) in [5.41, 5.74) is 0.711. The minimum absolute atomic E-state index is 0.0274. The van der Waals surface area contributed by atoms with Gasteiger partial charge in [0.05, 0.1) is 6.61 Å². The summed E-state index contributed by atoms with van der Waals surface area (Å²) in [6.45, 7) is 3.84. The second-order valence-corrected chi connectivity index (χ2v) is 5.12. The lowest BCUT2D eigenvalue weighted by molar-refractivity contribution is -0.134. The second-order valence-electron chi connectivity index (χ2n) is 5.12. The molecule has 1 aromatic rings. The number of ether oxygens (including phenoxy) is 1. The number of benzene rings is 1. The Kier molecular flexibility index (Phi) is 4.80. The van der Waals surface area contributed by atoms with Crippen LogP contribution in [-0.2, 0) is 11.4 Å². The number of hydrogen-bond acceptors (Lipinski definition) is 3. The molecule has 0 atom stereocenters. The zero-order chi connectivity index (χ0) is 13.7. The van der Waals surface area contributed by atoms with Crippen LogP contribution in [0, 0.1) is 5.92 Å². The molecule has 0 unspecified atom stereocenters. The fourth-order valence-corrected chi connectivity index (χ4v) is 2.26. The molecule has 1 fully saturated rings. The van der Waals surface area contributed by atoms with Gasteiger partial charge in [-0.25, -0.2) is 0 Å². The van der Waals surface area contributed by atoms with Crippen LogP contribution in [0.15, 0.2) is 24.3 Å². The van der Waals surface area contributed by atoms with Gasteiger partial charge in [0.2, 0.25) is 0 Å². The van der Waals surface area contributed by atoms with Gasteiger partial charge in [-0.1, -0.05) is 25.1 Å². The van der Waals surface area contributed by atoms with Gasteiger partial charge in [-0.2, -0.15) is 0 Å². The third-order valence-electron chi connectivity index (χ3n) is 3.63. The summed E-state index contributed by atoms with van der Waals surface area (Å²) in [5.74, 6) is 1.32. The van der Waals surface area contributed by atoms with Crippen LogP contribution in [-0.4, -0.2) is 35.6 Å². The van der Waals surface area contributed by atoms with E-state index in [1.165, 1.54) is 0 Å². The highest BCUT2D eigenvalue weighted by atomic mass is 16.5. The zero-order valence-corrected chi connectivity index (χ0v) is 11.3. The number of nitrogens with zero attached hydrogens (tertiary/aromatic N) is 1. The third-order valence-corrected chi connectivity index (χ3v) is 3.63. The fourth-order valence-electron chi connectivity index (χ4n) is 2.26. The molecule has 2 rings (SSSR count). The van der Waals surface area contributed by atoms with Crippen molar-refractivity contribution in [3.05, 3.63) is 29.8 Å². The van der Waals surface area contributed by atoms with Crippen LogP contribution < -0.4 is 4.74 Å². The maximum atomic E-state index is 12.0. The van der Waals surface area contributed by atoms with Crippen LogP contribution >= 0.6 is 0 Å². The Hall–Kier alpha value is -1.55. The monoisotopic (exact) mass is 263 g/mol. The van der Waals surface area contributed by atoms with Crippen LogP contribution in [0.1, 0.15) is 25.3 Å². The Labute approximate surface area is 114 Å². The standard InChI is InChI=1S/C15H21NO3/c1-12-6-8-16(9-7-12)15(18)11-19-14-5-3-2-4-13(14)10-17/h2-5,12,17H,6-11H2,1H3. The number of aliphatic hydroxyl groups is 1. The summed E-state index contributed by atoms with van der Waals surface area (Å²) in [5, 5.41) is 9.19. The Bertz CT molecular complexity index is 425. The van der Waals surface area contributed by atoms with Crippen LogP contribution in [0.5, 0.6) is 5.75 Å². The van der Waals surface area contributed by atoms with Crippen LogP contribution in [0.2, 0.25) is 0 Å². The van der Waals surface area contributed by atoms with Gasteiger partial charge in [-0.15, -0.1) is 0 Å². The molecule has 0 saturated carbocycles. The number of hydrogen-bond donors (Lipinski definition) is 1. The van der Waals surface area contributed by atoms with E-state index in [-0.39, 0.29) is 19.1 Å². The molecule has 19 heavy (non-hydrogen) atoms. The number of aliphatic hydroxyl groups excluding tert-OH is 1. The van der Waals surface area contributed by atoms with Crippen molar-refractivity contribution in [1.82, 2.24) is 4.90 Å². The molecule has 104 valence electrons. The molecule has 1 aliphatic heterocycles. The molecular weight excluding hydrogens is 242 g/mol. The van der Waals surface area contributed by atoms with Crippen molar-refractivity contribution in [3.63, 3.8) is 0 Å². The van der Waals surface area contributed by atoms with Crippen LogP contribution in [0.25, 0.3) is 0 Å². The molecule has 0 aromatic heterocycles. The van der Waals surface area contributed by atoms with E-state index in [1.807, 2.05) is 17.0 Å². The van der Waals surface area contributed by atoms with E-state index in [9.17, 15) is 9.90 Å². The van der Waals surface area contributed by atoms with Gasteiger partial charge >= 0.3 is 0 Å². The van der Waals surface area contributed by atoms with E-state index in [4.69, 9.17) is 4.74 Å². The zero-order valence-electron chi connectivity index (χ0n) is 11.3. The number of carbonyl (C=O) groups excluding carboxylic acids is 1. The molecule has 0 spiro atoms. The summed E-state index contributed by atoms with van der Waals surface area (Å²) < 4.78 is 5.52. The molecular formula is C15H21NO3. The van der Waals surface area contributed by atoms with Crippen molar-refractivity contribution >= 4 is 5.91 Å². The van der Waals surface area contributed by atoms with Gasteiger partial charge in [0.15, 0.2) is 6.61 Å². The van der Waals surface area contributed by atoms with E-state index in [2.05, 4.69) is 6.92 Å². The first kappa shape index (κ1) is 13.9. The van der Waals surface area contributed by atoms with E-state index >= 15 is 0 Å². The quantitative estimate of drug-likeness (QED) is 0.901. The second kappa shape index (κ2) is 6.57. The molecule has 0 aliphatic carbocycles. The highest BCUT2D eigenvalue weighted by molar-refractivity contribution is 5.77. The lowest BCUT2D eigenvalue weighted by Gasteiger charge is -2.30. The largest absolute Gasteiger partial charge is 0.483 e. The van der Waals surface area contributed by atoms with Crippen molar-refractivity contribution in [1.29, 1.82) is 0 Å². The first-order valence-corrected chi connectivity index (χ1v) is 6.80. The van der Waals surface area contributed by atoms with Gasteiger partial charge in [0.1, 0.15) is 5.75 Å². The number of piperidine rings is 1. The molecule has 0 bridgehead atoms. The lowest BCUT2D eigenvalue weighted by Crippen LogP contribution is -2.40. The highest BCUT2D eigenvalue weighted by Gasteiger charge is 2.20. The number of carbonyl (C=O) groups is 1. The minimum atomic E-state index is -0.0778. The summed E-state index contributed by atoms with van der Waals surface area (Å²) in [6.07, 6.45) is 2.14. The first-order chi connectivity index (χ1) is 9.20. The molecule has 1 heterocycles. The average molecular weight is 263 g/mol. The van der Waals surface area contributed by atoms with E-state index in [0.29, 0.717) is 17.2 Å². The van der Waals surface area contributed by atoms with Gasteiger partial charge in [0.25, 0.3) is 5.91 Å². The SMILES string of the molecule is CC1CCN(C(=O)COc2ccccc2CO)CC1. The number of amides is 1. The topological polar surface area (TPSA) is 49.8 Å². The summed E-state index contributed by atoms with van der Waals surface area (Å²) in [6, 6.07) is 7.24. The van der Waals surface area contributed by atoms with E-state index in [0.717, 1.165) is 25.9 Å². The van der Waals surface area contributed by atoms with Crippen molar-refractivity contribution < 1.29 is 14.6 Å². The summed E-state index contributed by atoms with van der Waals surface area (Å²) >= 11 is 0. The van der Waals surface area contributed by atoms with E-state index in [1.54, 1.807) is 12.1 Å². The Morgan fingerprint density at radius 2 is 2.05 bits per heavy atom. The lowest BCUT2D eigenvalue weighted by atomic mass is 9.99. The number of para-hydroxylation sites is 1. The average Bonchev–Trinajstić information content (AvgIpc) is 2.45. The molecule has 1 saturated heterocycles. The predicted octanol–water partition coefficient (Wildman–Crippen LogP) is 1.82. The molecule has 1 aliphatic rings. The Morgan fingerprint density at radius 1 is 1.37 bits per heavy atom. The fraction of sp³-hybridized carbons (Fsp3) is 0.533. The minimum Gasteiger partial charge on any atom is -0.483 e. The molecule has 1 amide bonds. The Morgan fingerprint density at radius 3 is 2.74 bits per heavy atom. The van der Waals surface area contributed by atoms with Crippen molar-refractivity contribution in [2.24, 2.45) is 5.92 Å². The third kappa shape index (κ3) is 3.70. The molecule has 1 aromatic carbocycles. The predicted molar refractivity (Wildman–Crippen MR) is 72.8 cm³/mol. The van der Waals surface area contributed by atoms with Gasteiger partial charge in [-0.05, 0) is 24.8 Å². The molecule has 4 heteroatoms. The first-order valence-electron chi connectivity index (χ1n) is 6.80. The Balaban J connectivity index is 1.86. The van der Waals surface area contributed by atoms with Crippen LogP contribution in [0.4, 0.5) is 0 Å². The number of likely N-dealkylation sites (tertiary alicyclic amines) is 1. The molecule has 1 N–H and O–H groups in total. The van der Waals surface area contributed by atoms with Gasteiger partial charge < -0.3 is 14.7 Å². The van der Waals surface area contributed by atoms with Crippen molar-refractivity contribution in [2.75, 3.05) is 19.7 Å². The highest BCUT2D eigenvalue weighted by Crippen LogP contribution is 2.19. The normalized spacial score (nSPS) is 16.4. The summed E-state index contributed by atoms with van der Waals surface area (Å²) in [4.78, 5) is 13.9. The maximum Gasteiger partial charge on any atom is 0.260 e. The smallest absolute Gasteiger partial charge is 0.260 e. The van der Waals surface area contributed by atoms with Crippen molar-refractivity contribution in [3.8, 4) is 5.75 Å². The number of rotatable bonds is 4. The van der Waals surface area contributed by atoms with E-state index < -0.39 is 0 Å². The summed E-state index contributed by atoms with van der Waals surface area (Å²) in [7, 11) is 0. The maximum absolute atomic E-state index is 12.0. The molecule has 0 radical (unpaired) electrons. The van der Waals surface area contributed by atoms with Crippen molar-refractivity contribution in [2.45, 2.75) is 26.4 Å². The van der Waals surface area contributed by atoms with Crippen LogP contribution in [0.3, 0.4) is 0 Å². The van der Waals surface area contributed by atoms with Gasteiger partial charge in [-0.3, -0.25) is 4.79 Å².